The normalized spacial score (nSPS) is 13.5. The average Bonchev–Trinajstić information content (AvgIpc) is 3.10. The topological polar surface area (TPSA) is 83.3 Å². The van der Waals surface area contributed by atoms with E-state index in [0.717, 1.165) is 5.69 Å². The molecule has 8 heteroatoms. The van der Waals surface area contributed by atoms with E-state index in [1.54, 1.807) is 18.2 Å². The average molecular weight is 371 g/mol. The smallest absolute Gasteiger partial charge is 0.165 e. The lowest BCUT2D eigenvalue weighted by atomic mass is 10.2. The number of para-hydroxylation sites is 2. The molecule has 0 N–H and O–H groups in total. The monoisotopic (exact) mass is 371 g/mol. The number of hydrogen-bond acceptors (Lipinski definition) is 6. The van der Waals surface area contributed by atoms with Crippen molar-refractivity contribution >= 4 is 9.84 Å². The number of rotatable bonds is 5. The quantitative estimate of drug-likeness (QED) is 0.683. The molecule has 0 aliphatic carbocycles. The van der Waals surface area contributed by atoms with E-state index in [9.17, 15) is 8.42 Å². The van der Waals surface area contributed by atoms with Crippen LogP contribution in [0, 0.1) is 0 Å². The maximum absolute atomic E-state index is 12.8. The van der Waals surface area contributed by atoms with Crippen LogP contribution in [0.1, 0.15) is 11.4 Å². The van der Waals surface area contributed by atoms with Gasteiger partial charge >= 0.3 is 0 Å². The molecule has 0 atom stereocenters. The Kier molecular flexibility index (Phi) is 4.34. The van der Waals surface area contributed by atoms with Crippen LogP contribution < -0.4 is 9.47 Å². The van der Waals surface area contributed by atoms with Crippen LogP contribution in [0.25, 0.3) is 5.69 Å². The molecule has 0 saturated carbocycles. The van der Waals surface area contributed by atoms with Crippen molar-refractivity contribution in [1.82, 2.24) is 14.8 Å². The van der Waals surface area contributed by atoms with Crippen LogP contribution in [0.2, 0.25) is 0 Å². The largest absolute Gasteiger partial charge is 0.486 e. The molecule has 7 nitrogen and oxygen atoms in total. The molecule has 1 aliphatic rings. The summed E-state index contributed by atoms with van der Waals surface area (Å²) < 4.78 is 38.2. The Morgan fingerprint density at radius 2 is 1.77 bits per heavy atom. The van der Waals surface area contributed by atoms with Crippen molar-refractivity contribution in [2.45, 2.75) is 11.5 Å². The molecule has 0 bridgehead atoms. The first-order valence-electron chi connectivity index (χ1n) is 8.15. The number of benzene rings is 2. The van der Waals surface area contributed by atoms with Crippen molar-refractivity contribution in [2.24, 2.45) is 0 Å². The van der Waals surface area contributed by atoms with Crippen molar-refractivity contribution in [2.75, 3.05) is 13.2 Å². The molecule has 3 aromatic rings. The second kappa shape index (κ2) is 6.80. The van der Waals surface area contributed by atoms with E-state index in [4.69, 9.17) is 9.47 Å². The SMILES string of the molecule is O=S(=O)(Cc1cccc2c1OCCO2)Cc1ncnn1-c1ccccc1. The van der Waals surface area contributed by atoms with Crippen molar-refractivity contribution in [3.63, 3.8) is 0 Å². The molecule has 2 aromatic carbocycles. The number of nitrogens with zero attached hydrogens (tertiary/aromatic N) is 3. The summed E-state index contributed by atoms with van der Waals surface area (Å²) >= 11 is 0. The number of ether oxygens (including phenoxy) is 2. The molecular weight excluding hydrogens is 354 g/mol. The predicted molar refractivity (Wildman–Crippen MR) is 95.1 cm³/mol. The second-order valence-electron chi connectivity index (χ2n) is 5.90. The van der Waals surface area contributed by atoms with Gasteiger partial charge in [-0.2, -0.15) is 5.10 Å². The summed E-state index contributed by atoms with van der Waals surface area (Å²) in [4.78, 5) is 4.12. The molecule has 2 heterocycles. The molecule has 1 aromatic heterocycles. The number of aromatic nitrogens is 3. The second-order valence-corrected chi connectivity index (χ2v) is 7.96. The zero-order chi connectivity index (χ0) is 18.0. The first kappa shape index (κ1) is 16.6. The highest BCUT2D eigenvalue weighted by Gasteiger charge is 2.23. The third-order valence-electron chi connectivity index (χ3n) is 3.99. The summed E-state index contributed by atoms with van der Waals surface area (Å²) in [5.41, 5.74) is 1.36. The van der Waals surface area contributed by atoms with Gasteiger partial charge in [0.05, 0.1) is 11.4 Å². The Morgan fingerprint density at radius 1 is 0.962 bits per heavy atom. The van der Waals surface area contributed by atoms with E-state index >= 15 is 0 Å². The lowest BCUT2D eigenvalue weighted by Crippen LogP contribution is -2.18. The molecule has 0 spiro atoms. The van der Waals surface area contributed by atoms with Crippen molar-refractivity contribution in [3.8, 4) is 17.2 Å². The minimum absolute atomic E-state index is 0.152. The number of sulfone groups is 1. The molecule has 4 rings (SSSR count). The summed E-state index contributed by atoms with van der Waals surface area (Å²) in [6.45, 7) is 0.871. The van der Waals surface area contributed by atoms with Crippen LogP contribution in [-0.4, -0.2) is 36.4 Å². The maximum Gasteiger partial charge on any atom is 0.165 e. The van der Waals surface area contributed by atoms with Crippen molar-refractivity contribution in [1.29, 1.82) is 0 Å². The van der Waals surface area contributed by atoms with Gasteiger partial charge in [0.25, 0.3) is 0 Å². The van der Waals surface area contributed by atoms with E-state index in [1.807, 2.05) is 30.3 Å². The molecule has 0 amide bonds. The molecule has 0 radical (unpaired) electrons. The van der Waals surface area contributed by atoms with Gasteiger partial charge < -0.3 is 9.47 Å². The molecule has 1 aliphatic heterocycles. The highest BCUT2D eigenvalue weighted by Crippen LogP contribution is 2.34. The molecule has 26 heavy (non-hydrogen) atoms. The highest BCUT2D eigenvalue weighted by atomic mass is 32.2. The van der Waals surface area contributed by atoms with E-state index in [0.29, 0.717) is 36.1 Å². The first-order chi connectivity index (χ1) is 12.6. The van der Waals surface area contributed by atoms with Crippen LogP contribution in [-0.2, 0) is 21.3 Å². The Labute approximate surface area is 151 Å². The van der Waals surface area contributed by atoms with Gasteiger partial charge in [0.2, 0.25) is 0 Å². The summed E-state index contributed by atoms with van der Waals surface area (Å²) in [7, 11) is -3.48. The van der Waals surface area contributed by atoms with Gasteiger partial charge in [-0.05, 0) is 18.2 Å². The molecule has 0 saturated heterocycles. The Morgan fingerprint density at radius 3 is 2.62 bits per heavy atom. The van der Waals surface area contributed by atoms with E-state index in [-0.39, 0.29) is 11.5 Å². The van der Waals surface area contributed by atoms with E-state index < -0.39 is 9.84 Å². The van der Waals surface area contributed by atoms with Crippen molar-refractivity contribution in [3.05, 3.63) is 66.2 Å². The van der Waals surface area contributed by atoms with E-state index in [1.165, 1.54) is 11.0 Å². The summed E-state index contributed by atoms with van der Waals surface area (Å²) in [5.74, 6) is 1.09. The van der Waals surface area contributed by atoms with Crippen LogP contribution in [0.3, 0.4) is 0 Å². The van der Waals surface area contributed by atoms with Gasteiger partial charge in [0, 0.05) is 5.56 Å². The van der Waals surface area contributed by atoms with Crippen LogP contribution in [0.5, 0.6) is 11.5 Å². The molecule has 0 fully saturated rings. The first-order valence-corrected chi connectivity index (χ1v) is 9.97. The summed E-state index contributed by atoms with van der Waals surface area (Å²) in [5, 5.41) is 4.14. The van der Waals surface area contributed by atoms with Crippen LogP contribution in [0.4, 0.5) is 0 Å². The third-order valence-corrected chi connectivity index (χ3v) is 5.44. The minimum Gasteiger partial charge on any atom is -0.486 e. The van der Waals surface area contributed by atoms with Crippen molar-refractivity contribution < 1.29 is 17.9 Å². The standard InChI is InChI=1S/C18H17N3O4S/c22-26(23,11-14-5-4-8-16-18(14)25-10-9-24-16)12-17-19-13-20-21(17)15-6-2-1-3-7-15/h1-8,13H,9-12H2. The summed E-state index contributed by atoms with van der Waals surface area (Å²) in [6.07, 6.45) is 1.36. The van der Waals surface area contributed by atoms with Crippen LogP contribution >= 0.6 is 0 Å². The zero-order valence-corrected chi connectivity index (χ0v) is 14.7. The van der Waals surface area contributed by atoms with Gasteiger partial charge in [-0.25, -0.2) is 18.1 Å². The van der Waals surface area contributed by atoms with Gasteiger partial charge in [-0.3, -0.25) is 0 Å². The lowest BCUT2D eigenvalue weighted by molar-refractivity contribution is 0.170. The van der Waals surface area contributed by atoms with Crippen LogP contribution in [0.15, 0.2) is 54.9 Å². The third kappa shape index (κ3) is 3.41. The van der Waals surface area contributed by atoms with E-state index in [2.05, 4.69) is 10.1 Å². The predicted octanol–water partition coefficient (Wildman–Crippen LogP) is 2.15. The number of fused-ring (bicyclic) bond motifs is 1. The van der Waals surface area contributed by atoms with Gasteiger partial charge in [0.15, 0.2) is 21.3 Å². The molecular formula is C18H17N3O4S. The maximum atomic E-state index is 12.8. The van der Waals surface area contributed by atoms with Gasteiger partial charge in [-0.15, -0.1) is 0 Å². The fourth-order valence-electron chi connectivity index (χ4n) is 2.88. The van der Waals surface area contributed by atoms with Gasteiger partial charge in [-0.1, -0.05) is 30.3 Å². The number of hydrogen-bond donors (Lipinski definition) is 0. The molecule has 134 valence electrons. The fraction of sp³-hybridized carbons (Fsp3) is 0.222. The Balaban J connectivity index is 1.59. The fourth-order valence-corrected chi connectivity index (χ4v) is 4.27. The Hall–Kier alpha value is -2.87. The van der Waals surface area contributed by atoms with Gasteiger partial charge in [0.1, 0.15) is 31.1 Å². The highest BCUT2D eigenvalue weighted by molar-refractivity contribution is 7.89. The minimum atomic E-state index is -3.48. The summed E-state index contributed by atoms with van der Waals surface area (Å²) in [6, 6.07) is 14.6. The Bertz CT molecular complexity index is 1020. The molecule has 0 unspecified atom stereocenters. The zero-order valence-electron chi connectivity index (χ0n) is 13.9. The lowest BCUT2D eigenvalue weighted by Gasteiger charge is -2.20.